The number of H-pyrrole nitrogens is 2. The lowest BCUT2D eigenvalue weighted by Gasteiger charge is -2.35. The third-order valence-electron chi connectivity index (χ3n) is 8.69. The Bertz CT molecular complexity index is 1590. The van der Waals surface area contributed by atoms with Gasteiger partial charge in [0.2, 0.25) is 0 Å². The molecule has 0 amide bonds. The summed E-state index contributed by atoms with van der Waals surface area (Å²) in [6.07, 6.45) is 15.4. The Morgan fingerprint density at radius 1 is 1.12 bits per heavy atom. The second-order valence-corrected chi connectivity index (χ2v) is 11.6. The number of benzene rings is 1. The summed E-state index contributed by atoms with van der Waals surface area (Å²) in [7, 11) is 2.13. The minimum Gasteiger partial charge on any atom is -0.367 e. The SMILES string of the molecule is C=C/C=C(\c1nc(-c2n[nH]c3ccc(C(/C=C(\C=C)NC(=C)C4CCCCC4)=C/C)c(F)c23)[nH]c1C)N1CCN(C)CC1. The van der Waals surface area contributed by atoms with Crippen molar-refractivity contribution in [3.8, 4) is 11.5 Å². The van der Waals surface area contributed by atoms with Crippen LogP contribution in [0.4, 0.5) is 4.39 Å². The minimum absolute atomic E-state index is 0.350. The largest absolute Gasteiger partial charge is 0.367 e. The van der Waals surface area contributed by atoms with Gasteiger partial charge in [-0.15, -0.1) is 0 Å². The first-order chi connectivity index (χ1) is 20.8. The van der Waals surface area contributed by atoms with Crippen molar-refractivity contribution in [3.05, 3.63) is 96.4 Å². The molecule has 1 saturated heterocycles. The molecule has 3 N–H and O–H groups in total. The van der Waals surface area contributed by atoms with E-state index in [4.69, 9.17) is 4.98 Å². The van der Waals surface area contributed by atoms with Gasteiger partial charge in [0.1, 0.15) is 17.2 Å². The van der Waals surface area contributed by atoms with Crippen molar-refractivity contribution in [2.24, 2.45) is 5.92 Å². The Hall–Kier alpha value is -4.17. The smallest absolute Gasteiger partial charge is 0.159 e. The van der Waals surface area contributed by atoms with Gasteiger partial charge in [-0.3, -0.25) is 5.10 Å². The second-order valence-electron chi connectivity index (χ2n) is 11.6. The Morgan fingerprint density at radius 2 is 1.86 bits per heavy atom. The Labute approximate surface area is 254 Å². The van der Waals surface area contributed by atoms with Gasteiger partial charge in [-0.25, -0.2) is 9.37 Å². The summed E-state index contributed by atoms with van der Waals surface area (Å²) in [5.41, 5.74) is 6.81. The minimum atomic E-state index is -0.350. The summed E-state index contributed by atoms with van der Waals surface area (Å²) in [6, 6.07) is 3.66. The molecule has 3 aromatic rings. The quantitative estimate of drug-likeness (QED) is 0.219. The van der Waals surface area contributed by atoms with Crippen molar-refractivity contribution in [1.29, 1.82) is 0 Å². The van der Waals surface area contributed by atoms with Crippen LogP contribution in [0.2, 0.25) is 0 Å². The van der Waals surface area contributed by atoms with Gasteiger partial charge in [-0.2, -0.15) is 5.10 Å². The molecule has 43 heavy (non-hydrogen) atoms. The number of nitrogens with one attached hydrogen (secondary N) is 3. The number of hydrogen-bond donors (Lipinski definition) is 3. The molecule has 2 aliphatic rings. The lowest BCUT2D eigenvalue weighted by molar-refractivity contribution is 0.207. The van der Waals surface area contributed by atoms with Crippen molar-refractivity contribution in [2.75, 3.05) is 33.2 Å². The maximum atomic E-state index is 16.4. The molecule has 7 nitrogen and oxygen atoms in total. The number of hydrogen-bond acceptors (Lipinski definition) is 5. The topological polar surface area (TPSA) is 75.9 Å². The van der Waals surface area contributed by atoms with E-state index >= 15 is 4.39 Å². The third-order valence-corrected chi connectivity index (χ3v) is 8.69. The summed E-state index contributed by atoms with van der Waals surface area (Å²) in [4.78, 5) is 13.0. The number of aromatic amines is 2. The van der Waals surface area contributed by atoms with Crippen LogP contribution in [0.15, 0.2) is 73.6 Å². The average molecular weight is 582 g/mol. The number of nitrogens with zero attached hydrogens (tertiary/aromatic N) is 4. The first kappa shape index (κ1) is 30.3. The number of imidazole rings is 1. The molecule has 2 aromatic heterocycles. The van der Waals surface area contributed by atoms with Crippen molar-refractivity contribution in [3.63, 3.8) is 0 Å². The second kappa shape index (κ2) is 13.4. The first-order valence-corrected chi connectivity index (χ1v) is 15.3. The Morgan fingerprint density at radius 3 is 2.53 bits per heavy atom. The summed E-state index contributed by atoms with van der Waals surface area (Å²) < 4.78 is 16.4. The summed E-state index contributed by atoms with van der Waals surface area (Å²) in [5, 5.41) is 11.4. The van der Waals surface area contributed by atoms with Crippen LogP contribution in [0.5, 0.6) is 0 Å². The van der Waals surface area contributed by atoms with Crippen LogP contribution in [0.25, 0.3) is 33.7 Å². The van der Waals surface area contributed by atoms with Gasteiger partial charge in [0.15, 0.2) is 5.82 Å². The van der Waals surface area contributed by atoms with E-state index in [2.05, 4.69) is 57.1 Å². The van der Waals surface area contributed by atoms with Gasteiger partial charge >= 0.3 is 0 Å². The summed E-state index contributed by atoms with van der Waals surface area (Å²) in [6.45, 7) is 19.9. The zero-order valence-electron chi connectivity index (χ0n) is 25.8. The van der Waals surface area contributed by atoms with Crippen molar-refractivity contribution in [1.82, 2.24) is 35.3 Å². The lowest BCUT2D eigenvalue weighted by Crippen LogP contribution is -2.43. The van der Waals surface area contributed by atoms with Gasteiger partial charge in [0, 0.05) is 48.8 Å². The molecule has 0 radical (unpaired) electrons. The van der Waals surface area contributed by atoms with E-state index in [0.717, 1.165) is 73.1 Å². The molecule has 1 aromatic carbocycles. The molecule has 2 fully saturated rings. The molecule has 0 unspecified atom stereocenters. The van der Waals surface area contributed by atoms with Gasteiger partial charge in [-0.1, -0.05) is 51.2 Å². The van der Waals surface area contributed by atoms with Crippen LogP contribution < -0.4 is 5.32 Å². The fourth-order valence-corrected chi connectivity index (χ4v) is 6.15. The number of fused-ring (bicyclic) bond motifs is 1. The highest BCUT2D eigenvalue weighted by atomic mass is 19.1. The number of aromatic nitrogens is 4. The van der Waals surface area contributed by atoms with E-state index in [-0.39, 0.29) is 5.82 Å². The van der Waals surface area contributed by atoms with Gasteiger partial charge in [0.05, 0.1) is 16.6 Å². The van der Waals surface area contributed by atoms with Crippen LogP contribution in [-0.2, 0) is 0 Å². The van der Waals surface area contributed by atoms with E-state index in [1.165, 1.54) is 19.3 Å². The monoisotopic (exact) mass is 581 g/mol. The van der Waals surface area contributed by atoms with Crippen molar-refractivity contribution < 1.29 is 4.39 Å². The molecule has 0 spiro atoms. The highest BCUT2D eigenvalue weighted by Crippen LogP contribution is 2.34. The molecule has 226 valence electrons. The van der Waals surface area contributed by atoms with Gasteiger partial charge in [0.25, 0.3) is 0 Å². The fraction of sp³-hybridized carbons (Fsp3) is 0.371. The van der Waals surface area contributed by atoms with E-state index in [0.29, 0.717) is 33.9 Å². The van der Waals surface area contributed by atoms with E-state index in [1.54, 1.807) is 18.2 Å². The van der Waals surface area contributed by atoms with Crippen LogP contribution in [0.1, 0.15) is 56.0 Å². The molecule has 8 heteroatoms. The summed E-state index contributed by atoms with van der Waals surface area (Å²) >= 11 is 0. The summed E-state index contributed by atoms with van der Waals surface area (Å²) in [5.74, 6) is 0.623. The number of allylic oxidation sites excluding steroid dienone is 7. The molecular weight excluding hydrogens is 537 g/mol. The van der Waals surface area contributed by atoms with Crippen LogP contribution in [-0.4, -0.2) is 63.2 Å². The average Bonchev–Trinajstić information content (AvgIpc) is 3.63. The zero-order valence-corrected chi connectivity index (χ0v) is 25.8. The maximum absolute atomic E-state index is 16.4. The molecule has 1 aliphatic carbocycles. The number of rotatable bonds is 10. The maximum Gasteiger partial charge on any atom is 0.159 e. The third kappa shape index (κ3) is 6.44. The highest BCUT2D eigenvalue weighted by Gasteiger charge is 2.24. The van der Waals surface area contributed by atoms with Crippen molar-refractivity contribution in [2.45, 2.75) is 46.0 Å². The molecule has 0 bridgehead atoms. The van der Waals surface area contributed by atoms with Gasteiger partial charge < -0.3 is 20.1 Å². The molecule has 1 aliphatic heterocycles. The van der Waals surface area contributed by atoms with Crippen LogP contribution in [0, 0.1) is 18.7 Å². The molecule has 1 saturated carbocycles. The van der Waals surface area contributed by atoms with E-state index < -0.39 is 0 Å². The normalized spacial score (nSPS) is 17.9. The Kier molecular flexibility index (Phi) is 9.46. The first-order valence-electron chi connectivity index (χ1n) is 15.3. The molecule has 3 heterocycles. The van der Waals surface area contributed by atoms with Crippen molar-refractivity contribution >= 4 is 22.2 Å². The van der Waals surface area contributed by atoms with E-state index in [1.807, 2.05) is 38.1 Å². The molecular formula is C35H44FN7. The molecule has 0 atom stereocenters. The predicted octanol–water partition coefficient (Wildman–Crippen LogP) is 7.33. The standard InChI is InChI=1S/C35H44FN7/c1-7-13-30(43-20-18-42(6)19-21-43)33-24(5)38-35(39-33)34-31-29(40-41-34)17-16-28(32(31)36)25(8-2)22-27(9-3)37-23(4)26-14-11-10-12-15-26/h7-9,13,16-17,22,26,37H,1,3-4,10-12,14-15,18-21H2,2,5-6H3,(H,38,39)(H,40,41)/b25-8+,27-22+,30-13+. The zero-order chi connectivity index (χ0) is 30.5. The Balaban J connectivity index is 1.47. The number of piperazine rings is 1. The van der Waals surface area contributed by atoms with Gasteiger partial charge in [-0.05, 0) is 75.6 Å². The number of halogens is 1. The van der Waals surface area contributed by atoms with Crippen LogP contribution >= 0.6 is 0 Å². The number of aryl methyl sites for hydroxylation is 1. The highest BCUT2D eigenvalue weighted by molar-refractivity contribution is 5.95. The predicted molar refractivity (Wildman–Crippen MR) is 176 cm³/mol. The lowest BCUT2D eigenvalue weighted by atomic mass is 9.87. The number of likely N-dealkylation sites (N-methyl/N-ethyl adjacent to an activating group) is 1. The van der Waals surface area contributed by atoms with Crippen LogP contribution in [0.3, 0.4) is 0 Å². The molecule has 5 rings (SSSR count). The fourth-order valence-electron chi connectivity index (χ4n) is 6.15. The van der Waals surface area contributed by atoms with E-state index in [9.17, 15) is 0 Å².